The van der Waals surface area contributed by atoms with Crippen LogP contribution in [0, 0.1) is 5.82 Å². The summed E-state index contributed by atoms with van der Waals surface area (Å²) >= 11 is 7.76. The molecule has 0 N–H and O–H groups in total. The van der Waals surface area contributed by atoms with Crippen LogP contribution in [0.2, 0.25) is 5.02 Å². The number of unbranched alkanes of at least 4 members (excludes halogenated alkanes) is 1. The van der Waals surface area contributed by atoms with E-state index < -0.39 is 29.1 Å². The van der Waals surface area contributed by atoms with Gasteiger partial charge in [0.25, 0.3) is 5.91 Å². The van der Waals surface area contributed by atoms with E-state index in [-0.39, 0.29) is 5.56 Å². The topological polar surface area (TPSA) is 46.6 Å². The van der Waals surface area contributed by atoms with Crippen LogP contribution in [0.25, 0.3) is 0 Å². The van der Waals surface area contributed by atoms with Gasteiger partial charge in [-0.2, -0.15) is 0 Å². The lowest BCUT2D eigenvalue weighted by atomic mass is 10.1. The number of rotatable bonds is 6. The van der Waals surface area contributed by atoms with Crippen molar-refractivity contribution in [2.45, 2.75) is 31.2 Å². The van der Waals surface area contributed by atoms with Gasteiger partial charge in [0, 0.05) is 16.3 Å². The van der Waals surface area contributed by atoms with Crippen LogP contribution in [0.5, 0.6) is 0 Å². The zero-order valence-electron chi connectivity index (χ0n) is 15.4. The normalized spacial score (nSPS) is 18.9. The summed E-state index contributed by atoms with van der Waals surface area (Å²) in [7, 11) is 0. The van der Waals surface area contributed by atoms with Gasteiger partial charge in [-0.05, 0) is 24.6 Å². The van der Waals surface area contributed by atoms with E-state index >= 15 is 0 Å². The molecule has 0 aliphatic carbocycles. The van der Waals surface area contributed by atoms with Crippen LogP contribution in [0.1, 0.15) is 41.1 Å². The molecule has 0 spiro atoms. The van der Waals surface area contributed by atoms with Crippen molar-refractivity contribution in [3.05, 3.63) is 70.5 Å². The van der Waals surface area contributed by atoms with Crippen LogP contribution in [0.3, 0.4) is 0 Å². The summed E-state index contributed by atoms with van der Waals surface area (Å²) in [6.45, 7) is 2.30. The van der Waals surface area contributed by atoms with Crippen LogP contribution in [0.4, 0.5) is 4.39 Å². The second-order valence-electron chi connectivity index (χ2n) is 6.44. The predicted molar refractivity (Wildman–Crippen MR) is 109 cm³/mol. The highest BCUT2D eigenvalue weighted by Crippen LogP contribution is 2.44. The van der Waals surface area contributed by atoms with Gasteiger partial charge in [-0.1, -0.05) is 55.3 Å². The van der Waals surface area contributed by atoms with Gasteiger partial charge in [-0.15, -0.1) is 11.8 Å². The fourth-order valence-electron chi connectivity index (χ4n) is 3.04. The van der Waals surface area contributed by atoms with Gasteiger partial charge < -0.3 is 9.64 Å². The van der Waals surface area contributed by atoms with Crippen LogP contribution in [0.15, 0.2) is 48.5 Å². The zero-order chi connectivity index (χ0) is 20.1. The fraction of sp³-hybridized carbons (Fsp3) is 0.333. The number of nitrogens with zero attached hydrogens (tertiary/aromatic N) is 1. The molecule has 2 aromatic rings. The van der Waals surface area contributed by atoms with Crippen molar-refractivity contribution >= 4 is 35.2 Å². The lowest BCUT2D eigenvalue weighted by molar-refractivity contribution is -0.148. The third kappa shape index (κ3) is 4.33. The molecule has 1 fully saturated rings. The first-order chi connectivity index (χ1) is 13.5. The van der Waals surface area contributed by atoms with Crippen molar-refractivity contribution in [2.75, 3.05) is 12.4 Å². The second kappa shape index (κ2) is 9.43. The highest BCUT2D eigenvalue weighted by molar-refractivity contribution is 7.99. The first-order valence-corrected chi connectivity index (χ1v) is 10.6. The van der Waals surface area contributed by atoms with E-state index in [0.29, 0.717) is 22.9 Å². The minimum Gasteiger partial charge on any atom is -0.464 e. The Kier molecular flexibility index (Phi) is 6.97. The molecule has 4 nitrogen and oxygen atoms in total. The first-order valence-electron chi connectivity index (χ1n) is 9.14. The van der Waals surface area contributed by atoms with Crippen molar-refractivity contribution in [3.63, 3.8) is 0 Å². The molecule has 2 aromatic carbocycles. The van der Waals surface area contributed by atoms with E-state index in [2.05, 4.69) is 0 Å². The predicted octanol–water partition coefficient (Wildman–Crippen LogP) is 5.08. The van der Waals surface area contributed by atoms with E-state index in [1.54, 1.807) is 18.2 Å². The van der Waals surface area contributed by atoms with Gasteiger partial charge in [0.2, 0.25) is 0 Å². The van der Waals surface area contributed by atoms with E-state index in [1.807, 2.05) is 19.1 Å². The molecule has 1 saturated heterocycles. The van der Waals surface area contributed by atoms with Crippen LogP contribution < -0.4 is 0 Å². The largest absolute Gasteiger partial charge is 0.464 e. The summed E-state index contributed by atoms with van der Waals surface area (Å²) in [5.41, 5.74) is 0.635. The van der Waals surface area contributed by atoms with Crippen molar-refractivity contribution in [1.29, 1.82) is 0 Å². The van der Waals surface area contributed by atoms with Crippen LogP contribution in [-0.2, 0) is 9.53 Å². The van der Waals surface area contributed by atoms with Gasteiger partial charge >= 0.3 is 5.97 Å². The molecule has 148 valence electrons. The number of carbonyl (C=O) groups excluding carboxylic acids is 2. The maximum Gasteiger partial charge on any atom is 0.329 e. The van der Waals surface area contributed by atoms with Gasteiger partial charge in [0.15, 0.2) is 0 Å². The number of ether oxygens (including phenoxy) is 1. The molecule has 0 bridgehead atoms. The van der Waals surface area contributed by atoms with E-state index in [1.165, 1.54) is 34.9 Å². The highest BCUT2D eigenvalue weighted by atomic mass is 35.5. The van der Waals surface area contributed by atoms with E-state index in [4.69, 9.17) is 16.3 Å². The summed E-state index contributed by atoms with van der Waals surface area (Å²) < 4.78 is 19.6. The Balaban J connectivity index is 1.95. The zero-order valence-corrected chi connectivity index (χ0v) is 17.0. The van der Waals surface area contributed by atoms with Gasteiger partial charge in [0.05, 0.1) is 12.2 Å². The Morgan fingerprint density at radius 1 is 1.21 bits per heavy atom. The van der Waals surface area contributed by atoms with Gasteiger partial charge in [-0.3, -0.25) is 4.79 Å². The Morgan fingerprint density at radius 3 is 2.64 bits per heavy atom. The molecular formula is C21H21ClFNO3S. The van der Waals surface area contributed by atoms with Crippen molar-refractivity contribution in [2.24, 2.45) is 0 Å². The average molecular weight is 422 g/mol. The lowest BCUT2D eigenvalue weighted by Gasteiger charge is -2.29. The Morgan fingerprint density at radius 2 is 1.93 bits per heavy atom. The second-order valence-corrected chi connectivity index (χ2v) is 7.96. The van der Waals surface area contributed by atoms with Crippen molar-refractivity contribution in [1.82, 2.24) is 4.90 Å². The molecule has 0 saturated carbocycles. The summed E-state index contributed by atoms with van der Waals surface area (Å²) in [5.74, 6) is -1.29. The van der Waals surface area contributed by atoms with Gasteiger partial charge in [0.1, 0.15) is 17.2 Å². The SMILES string of the molecule is CCCCOC(=O)C1CSC(c2ccccc2Cl)N1C(=O)c1ccccc1F. The summed E-state index contributed by atoms with van der Waals surface area (Å²) in [6.07, 6.45) is 1.65. The molecule has 0 aromatic heterocycles. The molecule has 2 unspecified atom stereocenters. The molecule has 28 heavy (non-hydrogen) atoms. The number of esters is 1. The Hall–Kier alpha value is -2.05. The third-order valence-corrected chi connectivity index (χ3v) is 6.17. The Labute approximate surface area is 173 Å². The number of benzene rings is 2. The van der Waals surface area contributed by atoms with E-state index in [0.717, 1.165) is 12.8 Å². The number of hydrogen-bond donors (Lipinski definition) is 0. The van der Waals surface area contributed by atoms with Crippen molar-refractivity contribution in [3.8, 4) is 0 Å². The molecule has 2 atom stereocenters. The number of amides is 1. The molecule has 0 radical (unpaired) electrons. The quantitative estimate of drug-likeness (QED) is 0.482. The molecule has 1 amide bonds. The average Bonchev–Trinajstić information content (AvgIpc) is 3.13. The third-order valence-electron chi connectivity index (χ3n) is 4.52. The standard InChI is InChI=1S/C21H21ClFNO3S/c1-2-3-12-27-21(26)18-13-28-20(14-8-4-6-10-16(14)22)24(18)19(25)15-9-5-7-11-17(15)23/h4-11,18,20H,2-3,12-13H2,1H3. The fourth-order valence-corrected chi connectivity index (χ4v) is 4.79. The maximum absolute atomic E-state index is 14.3. The molecular weight excluding hydrogens is 401 g/mol. The van der Waals surface area contributed by atoms with Crippen LogP contribution in [-0.4, -0.2) is 35.2 Å². The molecule has 1 aliphatic heterocycles. The van der Waals surface area contributed by atoms with Gasteiger partial charge in [-0.25, -0.2) is 9.18 Å². The molecule has 1 heterocycles. The van der Waals surface area contributed by atoms with Crippen LogP contribution >= 0.6 is 23.4 Å². The Bertz CT molecular complexity index is 863. The highest BCUT2D eigenvalue weighted by Gasteiger charge is 2.44. The summed E-state index contributed by atoms with van der Waals surface area (Å²) in [5, 5.41) is -0.00383. The molecule has 3 rings (SSSR count). The van der Waals surface area contributed by atoms with E-state index in [9.17, 15) is 14.0 Å². The summed E-state index contributed by atoms with van der Waals surface area (Å²) in [6, 6.07) is 12.1. The lowest BCUT2D eigenvalue weighted by Crippen LogP contribution is -2.44. The minimum absolute atomic E-state index is 0.0755. The summed E-state index contributed by atoms with van der Waals surface area (Å²) in [4.78, 5) is 27.3. The monoisotopic (exact) mass is 421 g/mol. The number of thioether (sulfide) groups is 1. The number of hydrogen-bond acceptors (Lipinski definition) is 4. The minimum atomic E-state index is -0.796. The first kappa shape index (κ1) is 20.7. The van der Waals surface area contributed by atoms with Crippen molar-refractivity contribution < 1.29 is 18.7 Å². The maximum atomic E-state index is 14.3. The molecule has 7 heteroatoms. The number of halogens is 2. The smallest absolute Gasteiger partial charge is 0.329 e. The molecule has 1 aliphatic rings. The number of carbonyl (C=O) groups is 2.